The molecular weight excluding hydrogens is 514 g/mol. The first-order valence-corrected chi connectivity index (χ1v) is 17.6. The van der Waals surface area contributed by atoms with E-state index < -0.39 is 38.0 Å². The van der Waals surface area contributed by atoms with Crippen molar-refractivity contribution in [2.24, 2.45) is 17.3 Å². The Balaban J connectivity index is 2.50. The zero-order valence-corrected chi connectivity index (χ0v) is 26.7. The van der Waals surface area contributed by atoms with Crippen molar-refractivity contribution < 1.29 is 23.9 Å². The van der Waals surface area contributed by atoms with Crippen LogP contribution < -0.4 is 0 Å². The molecule has 2 heterocycles. The van der Waals surface area contributed by atoms with Gasteiger partial charge in [-0.2, -0.15) is 0 Å². The number of aryl methyl sites for hydroxylation is 1. The highest BCUT2D eigenvalue weighted by atomic mass is 32.1. The number of ether oxygens (including phenoxy) is 1. The molecule has 0 fully saturated rings. The van der Waals surface area contributed by atoms with E-state index in [0.29, 0.717) is 12.8 Å². The van der Waals surface area contributed by atoms with E-state index in [4.69, 9.17) is 9.16 Å². The maximum atomic E-state index is 13.8. The molecule has 1 aromatic heterocycles. The first kappa shape index (κ1) is 32.6. The van der Waals surface area contributed by atoms with Crippen LogP contribution in [0, 0.1) is 24.2 Å². The van der Waals surface area contributed by atoms with E-state index in [2.05, 4.69) is 25.8 Å². The van der Waals surface area contributed by atoms with Crippen LogP contribution in [0.5, 0.6) is 0 Å². The summed E-state index contributed by atoms with van der Waals surface area (Å²) in [7, 11) is -2.15. The van der Waals surface area contributed by atoms with E-state index in [1.54, 1.807) is 18.3 Å². The number of hydrogen-bond donors (Lipinski definition) is 1. The zero-order valence-electron chi connectivity index (χ0n) is 24.9. The molecule has 0 saturated carbocycles. The minimum absolute atomic E-state index is 0.00480. The van der Waals surface area contributed by atoms with Gasteiger partial charge in [0, 0.05) is 23.1 Å². The Hall–Kier alpha value is -1.61. The molecule has 38 heavy (non-hydrogen) atoms. The highest BCUT2D eigenvalue weighted by Gasteiger charge is 2.46. The fraction of sp³-hybridized carbons (Fsp3) is 0.700. The monoisotopic (exact) mass is 563 g/mol. The Labute approximate surface area is 235 Å². The number of Topliss-reactive ketones (excluding diaryl/α,β-unsaturated/α-hetero) is 1. The maximum absolute atomic E-state index is 13.8. The van der Waals surface area contributed by atoms with Crippen molar-refractivity contribution in [1.29, 1.82) is 0 Å². The Morgan fingerprint density at radius 2 is 1.79 bits per heavy atom. The molecule has 6 nitrogen and oxygen atoms in total. The molecule has 2 rings (SSSR count). The van der Waals surface area contributed by atoms with Gasteiger partial charge in [0.1, 0.15) is 11.9 Å². The third-order valence-electron chi connectivity index (χ3n) is 8.44. The molecule has 0 radical (unpaired) electrons. The molecule has 0 aliphatic carbocycles. The van der Waals surface area contributed by atoms with Crippen LogP contribution in [0.4, 0.5) is 0 Å². The fourth-order valence-electron chi connectivity index (χ4n) is 5.27. The molecule has 0 amide bonds. The lowest BCUT2D eigenvalue weighted by Gasteiger charge is -2.42. The van der Waals surface area contributed by atoms with Crippen molar-refractivity contribution >= 4 is 37.5 Å². The highest BCUT2D eigenvalue weighted by Crippen LogP contribution is 2.37. The number of aliphatic hydroxyl groups is 1. The number of thiazole rings is 1. The van der Waals surface area contributed by atoms with Gasteiger partial charge in [-0.15, -0.1) is 11.3 Å². The molecule has 1 aromatic rings. The highest BCUT2D eigenvalue weighted by molar-refractivity contribution is 7.09. The summed E-state index contributed by atoms with van der Waals surface area (Å²) in [6, 6.07) is 2.73. The Morgan fingerprint density at radius 3 is 2.34 bits per heavy atom. The predicted molar refractivity (Wildman–Crippen MR) is 159 cm³/mol. The van der Waals surface area contributed by atoms with Crippen LogP contribution in [0.25, 0.3) is 6.08 Å². The summed E-state index contributed by atoms with van der Waals surface area (Å²) < 4.78 is 12.9. The van der Waals surface area contributed by atoms with E-state index >= 15 is 0 Å². The number of hydrogen-bond acceptors (Lipinski definition) is 7. The summed E-state index contributed by atoms with van der Waals surface area (Å²) in [5.41, 5.74) is 0.803. The number of carbonyl (C=O) groups is 2. The predicted octanol–water partition coefficient (Wildman–Crippen LogP) is 7.13. The third-order valence-corrected chi connectivity index (χ3v) is 13.9. The van der Waals surface area contributed by atoms with Crippen LogP contribution in [-0.2, 0) is 18.8 Å². The average Bonchev–Trinajstić information content (AvgIpc) is 3.30. The van der Waals surface area contributed by atoms with E-state index in [1.807, 2.05) is 58.2 Å². The zero-order chi connectivity index (χ0) is 28.7. The van der Waals surface area contributed by atoms with Crippen molar-refractivity contribution in [2.45, 2.75) is 118 Å². The number of carbonyl (C=O) groups excluding carboxylic acids is 2. The Kier molecular flexibility index (Phi) is 12.1. The number of aliphatic hydroxyl groups excluding tert-OH is 1. The van der Waals surface area contributed by atoms with Crippen LogP contribution >= 0.6 is 11.3 Å². The Bertz CT molecular complexity index is 988. The molecule has 0 unspecified atom stereocenters. The molecular formula is C30H49NO5SSi. The summed E-state index contributed by atoms with van der Waals surface area (Å²) in [5, 5.41) is 14.1. The van der Waals surface area contributed by atoms with Crippen LogP contribution in [0.3, 0.4) is 0 Å². The lowest BCUT2D eigenvalue weighted by molar-refractivity contribution is -0.153. The lowest BCUT2D eigenvalue weighted by Crippen LogP contribution is -2.51. The first-order valence-electron chi connectivity index (χ1n) is 14.1. The van der Waals surface area contributed by atoms with Crippen LogP contribution in [0.15, 0.2) is 23.1 Å². The maximum Gasteiger partial charge on any atom is 0.309 e. The number of aromatic nitrogens is 1. The molecule has 5 atom stereocenters. The molecule has 0 saturated heterocycles. The van der Waals surface area contributed by atoms with E-state index in [9.17, 15) is 14.7 Å². The minimum atomic E-state index is -2.15. The van der Waals surface area contributed by atoms with Crippen molar-refractivity contribution in [2.75, 3.05) is 0 Å². The van der Waals surface area contributed by atoms with Gasteiger partial charge in [-0.3, -0.25) is 9.59 Å². The molecule has 8 heteroatoms. The van der Waals surface area contributed by atoms with Gasteiger partial charge < -0.3 is 14.3 Å². The van der Waals surface area contributed by atoms with Crippen molar-refractivity contribution in [1.82, 2.24) is 4.98 Å². The number of cyclic esters (lactones) is 1. The largest absolute Gasteiger partial charge is 0.457 e. The van der Waals surface area contributed by atoms with Crippen molar-refractivity contribution in [3.8, 4) is 0 Å². The fourth-order valence-corrected chi connectivity index (χ4v) is 8.82. The Morgan fingerprint density at radius 1 is 1.18 bits per heavy atom. The van der Waals surface area contributed by atoms with Gasteiger partial charge in [0.05, 0.1) is 29.3 Å². The number of esters is 1. The normalized spacial score (nSPS) is 29.0. The van der Waals surface area contributed by atoms with Gasteiger partial charge in [0.2, 0.25) is 0 Å². The average molecular weight is 564 g/mol. The molecule has 0 aromatic carbocycles. The van der Waals surface area contributed by atoms with Gasteiger partial charge in [-0.1, -0.05) is 60.6 Å². The second-order valence-electron chi connectivity index (χ2n) is 11.5. The van der Waals surface area contributed by atoms with E-state index in [-0.39, 0.29) is 24.1 Å². The van der Waals surface area contributed by atoms with Crippen LogP contribution in [-0.4, -0.2) is 48.5 Å². The van der Waals surface area contributed by atoms with Gasteiger partial charge in [-0.05, 0) is 56.0 Å². The summed E-state index contributed by atoms with van der Waals surface area (Å²) in [4.78, 5) is 31.8. The molecule has 1 N–H and O–H groups in total. The van der Waals surface area contributed by atoms with Crippen LogP contribution in [0.1, 0.15) is 85.4 Å². The number of rotatable bonds is 7. The number of ketones is 1. The standard InChI is InChI=1S/C30H49NO5SSi/c1-10-38(11-2,12-3)36-26-18-27(32)35-25(21(5)17-24-19-37-23(7)31-24)16-14-13-15-20(4)28(33)22(6)29(34)30(26,8)9/h13-14,17,19-20,22,25-26,28,33H,10-12,15-16,18H2,1-9H3/b14-13+,21-17+/t20-,22+,25-,26-,28-/m0/s1. The summed E-state index contributed by atoms with van der Waals surface area (Å²) >= 11 is 1.58. The smallest absolute Gasteiger partial charge is 0.309 e. The second kappa shape index (κ2) is 14.1. The summed E-state index contributed by atoms with van der Waals surface area (Å²) in [6.45, 7) is 17.8. The molecule has 1 aliphatic rings. The molecule has 0 spiro atoms. The molecule has 214 valence electrons. The summed E-state index contributed by atoms with van der Waals surface area (Å²) in [6.07, 6.45) is 5.29. The summed E-state index contributed by atoms with van der Waals surface area (Å²) in [5.74, 6) is -1.11. The minimum Gasteiger partial charge on any atom is -0.457 e. The van der Waals surface area contributed by atoms with Gasteiger partial charge >= 0.3 is 5.97 Å². The SMILES string of the molecule is CC[Si](CC)(CC)O[C@H]1CC(=O)O[C@H](/C(C)=C/c2csc(C)n2)C/C=C/C[C@H](C)[C@H](O)[C@@H](C)C(=O)C1(C)C. The second-order valence-corrected chi connectivity index (χ2v) is 17.3. The van der Waals surface area contributed by atoms with Gasteiger partial charge in [0.25, 0.3) is 0 Å². The first-order chi connectivity index (χ1) is 17.8. The molecule has 1 aliphatic heterocycles. The quantitative estimate of drug-likeness (QED) is 0.216. The topological polar surface area (TPSA) is 85.7 Å². The third kappa shape index (κ3) is 8.20. The number of allylic oxidation sites excluding steroid dienone is 1. The molecule has 0 bridgehead atoms. The van der Waals surface area contributed by atoms with E-state index in [1.165, 1.54) is 0 Å². The van der Waals surface area contributed by atoms with E-state index in [0.717, 1.165) is 34.4 Å². The van der Waals surface area contributed by atoms with Gasteiger partial charge in [0.15, 0.2) is 8.32 Å². The van der Waals surface area contributed by atoms with Gasteiger partial charge in [-0.25, -0.2) is 4.98 Å². The van der Waals surface area contributed by atoms with Crippen molar-refractivity contribution in [3.05, 3.63) is 33.8 Å². The number of nitrogens with zero attached hydrogens (tertiary/aromatic N) is 1. The lowest BCUT2D eigenvalue weighted by atomic mass is 9.73. The van der Waals surface area contributed by atoms with Crippen molar-refractivity contribution in [3.63, 3.8) is 0 Å². The van der Waals surface area contributed by atoms with Crippen LogP contribution in [0.2, 0.25) is 18.1 Å².